The third kappa shape index (κ3) is 2.96. The second-order valence-corrected chi connectivity index (χ2v) is 5.99. The Hall–Kier alpha value is -2.49. The zero-order chi connectivity index (χ0) is 17.1. The van der Waals surface area contributed by atoms with Crippen molar-refractivity contribution in [2.24, 2.45) is 0 Å². The minimum absolute atomic E-state index is 0.00371. The van der Waals surface area contributed by atoms with Crippen molar-refractivity contribution < 1.29 is 14.3 Å². The molecule has 0 bridgehead atoms. The van der Waals surface area contributed by atoms with E-state index in [0.717, 1.165) is 18.5 Å². The highest BCUT2D eigenvalue weighted by Gasteiger charge is 2.29. The van der Waals surface area contributed by atoms with Crippen LogP contribution in [0.3, 0.4) is 0 Å². The van der Waals surface area contributed by atoms with Crippen LogP contribution in [-0.2, 0) is 6.42 Å². The third-order valence-electron chi connectivity index (χ3n) is 4.45. The average Bonchev–Trinajstić information content (AvgIpc) is 2.61. The largest absolute Gasteiger partial charge is 0.493 e. The molecule has 1 heterocycles. The van der Waals surface area contributed by atoms with E-state index in [1.54, 1.807) is 25.3 Å². The molecule has 0 fully saturated rings. The fraction of sp³-hybridized carbons (Fsp3) is 0.350. The molecular weight excluding hydrogens is 302 g/mol. The number of hydrogen-bond acceptors (Lipinski definition) is 3. The van der Waals surface area contributed by atoms with Gasteiger partial charge < -0.3 is 14.4 Å². The molecule has 0 saturated heterocycles. The van der Waals surface area contributed by atoms with Gasteiger partial charge in [-0.05, 0) is 56.5 Å². The molecular formula is C20H23NO3. The Kier molecular flexibility index (Phi) is 4.74. The summed E-state index contributed by atoms with van der Waals surface area (Å²) < 4.78 is 10.9. The minimum atomic E-state index is -0.00371. The second-order valence-electron chi connectivity index (χ2n) is 5.99. The van der Waals surface area contributed by atoms with Gasteiger partial charge in [-0.2, -0.15) is 0 Å². The standard InChI is InChI=1S/C20H23NO3/c1-4-24-18-12-11-16(13-19(18)23-3)20(22)21-14(2)9-10-15-7-5-6-8-17(15)21/h5-8,11-14H,4,9-10H2,1-3H3. The van der Waals surface area contributed by atoms with Gasteiger partial charge in [0, 0.05) is 17.3 Å². The van der Waals surface area contributed by atoms with E-state index in [2.05, 4.69) is 13.0 Å². The number of rotatable bonds is 4. The van der Waals surface area contributed by atoms with Crippen molar-refractivity contribution in [2.45, 2.75) is 32.7 Å². The SMILES string of the molecule is CCOc1ccc(C(=O)N2c3ccccc3CCC2C)cc1OC. The Labute approximate surface area is 143 Å². The smallest absolute Gasteiger partial charge is 0.258 e. The maximum Gasteiger partial charge on any atom is 0.258 e. The number of hydrogen-bond donors (Lipinski definition) is 0. The molecule has 3 rings (SSSR count). The Morgan fingerprint density at radius 1 is 1.21 bits per heavy atom. The summed E-state index contributed by atoms with van der Waals surface area (Å²) >= 11 is 0. The monoisotopic (exact) mass is 325 g/mol. The zero-order valence-electron chi connectivity index (χ0n) is 14.4. The van der Waals surface area contributed by atoms with E-state index in [9.17, 15) is 4.79 Å². The van der Waals surface area contributed by atoms with Crippen molar-refractivity contribution in [2.75, 3.05) is 18.6 Å². The molecule has 0 aliphatic carbocycles. The van der Waals surface area contributed by atoms with Gasteiger partial charge in [0.05, 0.1) is 13.7 Å². The number of amides is 1. The van der Waals surface area contributed by atoms with Crippen LogP contribution in [0.4, 0.5) is 5.69 Å². The van der Waals surface area contributed by atoms with Gasteiger partial charge in [0.2, 0.25) is 0 Å². The van der Waals surface area contributed by atoms with E-state index < -0.39 is 0 Å². The average molecular weight is 325 g/mol. The predicted octanol–water partition coefficient (Wildman–Crippen LogP) is 4.08. The van der Waals surface area contributed by atoms with Crippen molar-refractivity contribution in [3.63, 3.8) is 0 Å². The highest BCUT2D eigenvalue weighted by atomic mass is 16.5. The molecule has 24 heavy (non-hydrogen) atoms. The number of ether oxygens (including phenoxy) is 2. The fourth-order valence-corrected chi connectivity index (χ4v) is 3.21. The Bertz CT molecular complexity index is 741. The van der Waals surface area contributed by atoms with Gasteiger partial charge in [-0.3, -0.25) is 4.79 Å². The van der Waals surface area contributed by atoms with Crippen LogP contribution < -0.4 is 14.4 Å². The van der Waals surface area contributed by atoms with E-state index >= 15 is 0 Å². The quantitative estimate of drug-likeness (QED) is 0.850. The van der Waals surface area contributed by atoms with Crippen LogP contribution in [0.15, 0.2) is 42.5 Å². The van der Waals surface area contributed by atoms with Gasteiger partial charge in [-0.1, -0.05) is 18.2 Å². The van der Waals surface area contributed by atoms with Gasteiger partial charge in [-0.15, -0.1) is 0 Å². The lowest BCUT2D eigenvalue weighted by Gasteiger charge is -2.35. The van der Waals surface area contributed by atoms with Gasteiger partial charge >= 0.3 is 0 Å². The minimum Gasteiger partial charge on any atom is -0.493 e. The number of anilines is 1. The van der Waals surface area contributed by atoms with Gasteiger partial charge in [0.1, 0.15) is 0 Å². The molecule has 1 aliphatic heterocycles. The normalized spacial score (nSPS) is 16.5. The molecule has 1 amide bonds. The van der Waals surface area contributed by atoms with Gasteiger partial charge in [0.15, 0.2) is 11.5 Å². The zero-order valence-corrected chi connectivity index (χ0v) is 14.4. The van der Waals surface area contributed by atoms with E-state index in [0.29, 0.717) is 23.7 Å². The highest BCUT2D eigenvalue weighted by Crippen LogP contribution is 2.34. The highest BCUT2D eigenvalue weighted by molar-refractivity contribution is 6.07. The number of aryl methyl sites for hydroxylation is 1. The summed E-state index contributed by atoms with van der Waals surface area (Å²) in [4.78, 5) is 15.0. The molecule has 0 spiro atoms. The summed E-state index contributed by atoms with van der Waals surface area (Å²) in [6, 6.07) is 13.7. The van der Waals surface area contributed by atoms with Crippen molar-refractivity contribution in [1.29, 1.82) is 0 Å². The molecule has 1 atom stereocenters. The van der Waals surface area contributed by atoms with Crippen LogP contribution in [0.5, 0.6) is 11.5 Å². The van der Waals surface area contributed by atoms with Crippen molar-refractivity contribution >= 4 is 11.6 Å². The van der Waals surface area contributed by atoms with Gasteiger partial charge in [-0.25, -0.2) is 0 Å². The van der Waals surface area contributed by atoms with Crippen LogP contribution in [0.2, 0.25) is 0 Å². The first-order chi connectivity index (χ1) is 11.7. The number of methoxy groups -OCH3 is 1. The molecule has 1 aliphatic rings. The van der Waals surface area contributed by atoms with E-state index in [4.69, 9.17) is 9.47 Å². The molecule has 0 saturated carbocycles. The lowest BCUT2D eigenvalue weighted by atomic mass is 9.95. The number of nitrogens with zero attached hydrogens (tertiary/aromatic N) is 1. The predicted molar refractivity (Wildman–Crippen MR) is 95.2 cm³/mol. The molecule has 0 aromatic heterocycles. The van der Waals surface area contributed by atoms with Crippen LogP contribution in [0.1, 0.15) is 36.2 Å². The van der Waals surface area contributed by atoms with E-state index in [1.807, 2.05) is 30.0 Å². The van der Waals surface area contributed by atoms with E-state index in [-0.39, 0.29) is 11.9 Å². The molecule has 4 nitrogen and oxygen atoms in total. The molecule has 2 aromatic rings. The summed E-state index contributed by atoms with van der Waals surface area (Å²) in [7, 11) is 1.59. The van der Waals surface area contributed by atoms with Crippen molar-refractivity contribution in [3.05, 3.63) is 53.6 Å². The van der Waals surface area contributed by atoms with Crippen molar-refractivity contribution in [1.82, 2.24) is 0 Å². The van der Waals surface area contributed by atoms with Crippen LogP contribution in [0, 0.1) is 0 Å². The van der Waals surface area contributed by atoms with Crippen LogP contribution in [-0.4, -0.2) is 25.7 Å². The van der Waals surface area contributed by atoms with Crippen LogP contribution in [0.25, 0.3) is 0 Å². The third-order valence-corrected chi connectivity index (χ3v) is 4.45. The molecule has 1 unspecified atom stereocenters. The first-order valence-electron chi connectivity index (χ1n) is 8.38. The Morgan fingerprint density at radius 2 is 2.00 bits per heavy atom. The number of carbonyl (C=O) groups is 1. The molecule has 126 valence electrons. The lowest BCUT2D eigenvalue weighted by molar-refractivity contribution is 0.0975. The number of benzene rings is 2. The molecule has 0 N–H and O–H groups in total. The topological polar surface area (TPSA) is 38.8 Å². The summed E-state index contributed by atoms with van der Waals surface area (Å²) in [6.45, 7) is 4.57. The fourth-order valence-electron chi connectivity index (χ4n) is 3.21. The number of para-hydroxylation sites is 1. The van der Waals surface area contributed by atoms with Gasteiger partial charge in [0.25, 0.3) is 5.91 Å². The number of carbonyl (C=O) groups excluding carboxylic acids is 1. The van der Waals surface area contributed by atoms with E-state index in [1.165, 1.54) is 5.56 Å². The molecule has 2 aromatic carbocycles. The Balaban J connectivity index is 1.97. The summed E-state index contributed by atoms with van der Waals surface area (Å²) in [6.07, 6.45) is 1.98. The first kappa shape index (κ1) is 16.4. The second kappa shape index (κ2) is 6.95. The maximum atomic E-state index is 13.1. The summed E-state index contributed by atoms with van der Waals surface area (Å²) in [5.74, 6) is 1.24. The van der Waals surface area contributed by atoms with Crippen molar-refractivity contribution in [3.8, 4) is 11.5 Å². The summed E-state index contributed by atoms with van der Waals surface area (Å²) in [5, 5.41) is 0. The first-order valence-corrected chi connectivity index (χ1v) is 8.38. The number of fused-ring (bicyclic) bond motifs is 1. The summed E-state index contributed by atoms with van der Waals surface area (Å²) in [5.41, 5.74) is 2.84. The lowest BCUT2D eigenvalue weighted by Crippen LogP contribution is -2.42. The maximum absolute atomic E-state index is 13.1. The van der Waals surface area contributed by atoms with Crippen LogP contribution >= 0.6 is 0 Å². The Morgan fingerprint density at radius 3 is 2.75 bits per heavy atom. The molecule has 0 radical (unpaired) electrons. The molecule has 4 heteroatoms.